The van der Waals surface area contributed by atoms with Crippen molar-refractivity contribution < 1.29 is 0 Å². The minimum Gasteiger partial charge on any atom is -0.226 e. The number of nitrogens with zero attached hydrogens (tertiary/aromatic N) is 3. The van der Waals surface area contributed by atoms with E-state index < -0.39 is 0 Å². The molecule has 0 saturated carbocycles. The van der Waals surface area contributed by atoms with Crippen LogP contribution in [0.25, 0.3) is 21.3 Å². The minimum atomic E-state index is 0.592. The van der Waals surface area contributed by atoms with Gasteiger partial charge in [0.25, 0.3) is 0 Å². The van der Waals surface area contributed by atoms with Crippen molar-refractivity contribution >= 4 is 33.3 Å². The number of rotatable bonds is 5. The first-order valence-corrected chi connectivity index (χ1v) is 9.34. The molecule has 0 aliphatic carbocycles. The van der Waals surface area contributed by atoms with Gasteiger partial charge >= 0.3 is 0 Å². The number of benzene rings is 1. The smallest absolute Gasteiger partial charge is 0.129 e. The maximum Gasteiger partial charge on any atom is 0.129 e. The molecule has 0 spiro atoms. The number of aromatic nitrogens is 2. The predicted molar refractivity (Wildman–Crippen MR) is 97.9 cm³/mol. The average Bonchev–Trinajstić information content (AvgIpc) is 2.88. The van der Waals surface area contributed by atoms with E-state index >= 15 is 0 Å². The topological polar surface area (TPSA) is 49.6 Å². The second-order valence-corrected chi connectivity index (χ2v) is 7.55. The summed E-state index contributed by atoms with van der Waals surface area (Å²) in [5, 5.41) is 10.9. The third kappa shape index (κ3) is 3.39. The maximum absolute atomic E-state index is 8.69. The van der Waals surface area contributed by atoms with E-state index in [4.69, 9.17) is 5.26 Å². The average molecular weight is 339 g/mol. The van der Waals surface area contributed by atoms with Crippen molar-refractivity contribution in [2.75, 3.05) is 5.75 Å². The van der Waals surface area contributed by atoms with E-state index in [2.05, 4.69) is 47.2 Å². The Morgan fingerprint density at radius 3 is 2.70 bits per heavy atom. The lowest BCUT2D eigenvalue weighted by Gasteiger charge is -2.07. The van der Waals surface area contributed by atoms with E-state index in [9.17, 15) is 0 Å². The Kier molecular flexibility index (Phi) is 4.94. The van der Waals surface area contributed by atoms with Gasteiger partial charge in [0.05, 0.1) is 11.5 Å². The van der Waals surface area contributed by atoms with Gasteiger partial charge in [-0.05, 0) is 25.8 Å². The fourth-order valence-corrected chi connectivity index (χ4v) is 4.74. The normalized spacial score (nSPS) is 10.8. The SMILES string of the molecule is Cc1nc(SCCCC#N)c2c(-c3ccccc3)c(C)sc2n1. The molecule has 0 bridgehead atoms. The van der Waals surface area contributed by atoms with Crippen LogP contribution in [0.2, 0.25) is 0 Å². The zero-order chi connectivity index (χ0) is 16.2. The van der Waals surface area contributed by atoms with Gasteiger partial charge in [0.15, 0.2) is 0 Å². The van der Waals surface area contributed by atoms with Gasteiger partial charge in [-0.1, -0.05) is 30.3 Å². The molecular formula is C18H17N3S2. The number of hydrogen-bond acceptors (Lipinski definition) is 5. The second-order valence-electron chi connectivity index (χ2n) is 5.27. The van der Waals surface area contributed by atoms with E-state index in [1.165, 1.54) is 16.0 Å². The number of unbranched alkanes of at least 4 members (excludes halogenated alkanes) is 1. The lowest BCUT2D eigenvalue weighted by Crippen LogP contribution is -1.92. The highest BCUT2D eigenvalue weighted by molar-refractivity contribution is 7.99. The molecule has 0 atom stereocenters. The fraction of sp³-hybridized carbons (Fsp3) is 0.278. The molecule has 0 N–H and O–H groups in total. The summed E-state index contributed by atoms with van der Waals surface area (Å²) < 4.78 is 0. The second kappa shape index (κ2) is 7.12. The van der Waals surface area contributed by atoms with Crippen LogP contribution in [0, 0.1) is 25.2 Å². The van der Waals surface area contributed by atoms with Crippen LogP contribution in [-0.2, 0) is 0 Å². The molecule has 1 aromatic carbocycles. The number of thioether (sulfide) groups is 1. The van der Waals surface area contributed by atoms with Gasteiger partial charge in [0, 0.05) is 22.6 Å². The van der Waals surface area contributed by atoms with Crippen molar-refractivity contribution in [3.63, 3.8) is 0 Å². The fourth-order valence-electron chi connectivity index (χ4n) is 2.56. The maximum atomic E-state index is 8.69. The van der Waals surface area contributed by atoms with Crippen LogP contribution < -0.4 is 0 Å². The highest BCUT2D eigenvalue weighted by Crippen LogP contribution is 2.41. The number of thiophene rings is 1. The standard InChI is InChI=1S/C18H17N3S2/c1-12-15(14-8-4-3-5-9-14)16-17(22-11-7-6-10-19)20-13(2)21-18(16)23-12/h3-5,8-9H,6-7,11H2,1-2H3. The Morgan fingerprint density at radius 2 is 1.96 bits per heavy atom. The molecule has 2 heterocycles. The summed E-state index contributed by atoms with van der Waals surface area (Å²) in [5.74, 6) is 1.71. The van der Waals surface area contributed by atoms with Gasteiger partial charge < -0.3 is 0 Å². The molecule has 23 heavy (non-hydrogen) atoms. The molecule has 0 unspecified atom stereocenters. The summed E-state index contributed by atoms with van der Waals surface area (Å²) in [6.45, 7) is 4.09. The van der Waals surface area contributed by atoms with Crippen LogP contribution in [0.1, 0.15) is 23.5 Å². The van der Waals surface area contributed by atoms with Crippen LogP contribution in [0.15, 0.2) is 35.4 Å². The monoisotopic (exact) mass is 339 g/mol. The highest BCUT2D eigenvalue weighted by atomic mass is 32.2. The summed E-state index contributed by atoms with van der Waals surface area (Å²) in [4.78, 5) is 11.6. The first-order valence-electron chi connectivity index (χ1n) is 7.53. The van der Waals surface area contributed by atoms with Crippen LogP contribution in [0.5, 0.6) is 0 Å². The van der Waals surface area contributed by atoms with E-state index in [0.29, 0.717) is 6.42 Å². The molecule has 3 nitrogen and oxygen atoms in total. The van der Waals surface area contributed by atoms with Crippen molar-refractivity contribution in [2.24, 2.45) is 0 Å². The van der Waals surface area contributed by atoms with Crippen LogP contribution in [-0.4, -0.2) is 15.7 Å². The molecule has 2 aromatic heterocycles. The molecular weight excluding hydrogens is 322 g/mol. The third-order valence-electron chi connectivity index (χ3n) is 3.54. The van der Waals surface area contributed by atoms with Gasteiger partial charge in [-0.3, -0.25) is 0 Å². The molecule has 0 amide bonds. The zero-order valence-corrected chi connectivity index (χ0v) is 14.8. The van der Waals surface area contributed by atoms with Crippen molar-refractivity contribution in [3.8, 4) is 17.2 Å². The first kappa shape index (κ1) is 16.0. The molecule has 3 aromatic rings. The number of nitriles is 1. The Balaban J connectivity index is 2.10. The molecule has 3 rings (SSSR count). The quantitative estimate of drug-likeness (QED) is 0.356. The molecule has 0 saturated heterocycles. The van der Waals surface area contributed by atoms with Crippen LogP contribution in [0.3, 0.4) is 0 Å². The van der Waals surface area contributed by atoms with Crippen LogP contribution >= 0.6 is 23.1 Å². The number of aryl methyl sites for hydroxylation is 2. The van der Waals surface area contributed by atoms with Gasteiger partial charge in [-0.2, -0.15) is 5.26 Å². The molecule has 5 heteroatoms. The van der Waals surface area contributed by atoms with Gasteiger partial charge in [-0.25, -0.2) is 9.97 Å². The molecule has 0 aliphatic rings. The number of hydrogen-bond donors (Lipinski definition) is 0. The van der Waals surface area contributed by atoms with Gasteiger partial charge in [0.2, 0.25) is 0 Å². The summed E-state index contributed by atoms with van der Waals surface area (Å²) in [6.07, 6.45) is 1.48. The lowest BCUT2D eigenvalue weighted by atomic mass is 10.0. The first-order chi connectivity index (χ1) is 11.2. The van der Waals surface area contributed by atoms with Crippen molar-refractivity contribution in [2.45, 2.75) is 31.7 Å². The predicted octanol–water partition coefficient (Wildman–Crippen LogP) is 5.37. The van der Waals surface area contributed by atoms with E-state index in [1.54, 1.807) is 23.1 Å². The summed E-state index contributed by atoms with van der Waals surface area (Å²) in [5.41, 5.74) is 2.45. The minimum absolute atomic E-state index is 0.592. The highest BCUT2D eigenvalue weighted by Gasteiger charge is 2.17. The lowest BCUT2D eigenvalue weighted by molar-refractivity contribution is 0.971. The molecule has 0 aliphatic heterocycles. The Bertz CT molecular complexity index is 863. The number of fused-ring (bicyclic) bond motifs is 1. The van der Waals surface area contributed by atoms with E-state index in [-0.39, 0.29) is 0 Å². The molecule has 0 radical (unpaired) electrons. The Hall–Kier alpha value is -1.90. The van der Waals surface area contributed by atoms with E-state index in [1.807, 2.05) is 13.0 Å². The van der Waals surface area contributed by atoms with Crippen molar-refractivity contribution in [3.05, 3.63) is 41.0 Å². The summed E-state index contributed by atoms with van der Waals surface area (Å²) >= 11 is 3.46. The van der Waals surface area contributed by atoms with Crippen LogP contribution in [0.4, 0.5) is 0 Å². The van der Waals surface area contributed by atoms with Crippen molar-refractivity contribution in [1.82, 2.24) is 9.97 Å². The van der Waals surface area contributed by atoms with E-state index in [0.717, 1.165) is 33.2 Å². The van der Waals surface area contributed by atoms with Gasteiger partial charge in [0.1, 0.15) is 15.7 Å². The zero-order valence-electron chi connectivity index (χ0n) is 13.2. The van der Waals surface area contributed by atoms with Gasteiger partial charge in [-0.15, -0.1) is 23.1 Å². The Labute approximate surface area is 144 Å². The third-order valence-corrected chi connectivity index (χ3v) is 5.60. The van der Waals surface area contributed by atoms with Crippen molar-refractivity contribution in [1.29, 1.82) is 5.26 Å². The molecule has 0 fully saturated rings. The largest absolute Gasteiger partial charge is 0.226 e. The summed E-state index contributed by atoms with van der Waals surface area (Å²) in [6, 6.07) is 12.6. The Morgan fingerprint density at radius 1 is 1.17 bits per heavy atom. The molecule has 116 valence electrons. The summed E-state index contributed by atoms with van der Waals surface area (Å²) in [7, 11) is 0.